The van der Waals surface area contributed by atoms with E-state index in [4.69, 9.17) is 9.47 Å². The molecule has 1 aliphatic rings. The lowest BCUT2D eigenvalue weighted by Gasteiger charge is -2.12. The van der Waals surface area contributed by atoms with E-state index in [0.29, 0.717) is 23.4 Å². The second kappa shape index (κ2) is 6.25. The highest BCUT2D eigenvalue weighted by Gasteiger charge is 2.20. The lowest BCUT2D eigenvalue weighted by molar-refractivity contribution is -0.123. The number of amides is 1. The number of nitrogens with one attached hydrogen (secondary N) is 1. The van der Waals surface area contributed by atoms with Crippen molar-refractivity contribution in [3.05, 3.63) is 58.4 Å². The molecule has 0 saturated carbocycles. The fourth-order valence-corrected chi connectivity index (χ4v) is 3.78. The molecule has 4 rings (SSSR count). The molecule has 2 heterocycles. The summed E-state index contributed by atoms with van der Waals surface area (Å²) in [6.45, 7) is 2.31. The first-order valence-electron chi connectivity index (χ1n) is 7.90. The summed E-state index contributed by atoms with van der Waals surface area (Å²) in [6, 6.07) is 12.3. The van der Waals surface area contributed by atoms with Gasteiger partial charge in [0, 0.05) is 6.54 Å². The van der Waals surface area contributed by atoms with Gasteiger partial charge in [0.05, 0.1) is 10.1 Å². The first kappa shape index (κ1) is 15.7. The van der Waals surface area contributed by atoms with E-state index in [1.165, 1.54) is 15.5 Å². The van der Waals surface area contributed by atoms with E-state index in [0.717, 1.165) is 10.3 Å². The molecule has 25 heavy (non-hydrogen) atoms. The van der Waals surface area contributed by atoms with Crippen LogP contribution in [0.5, 0.6) is 11.5 Å². The summed E-state index contributed by atoms with van der Waals surface area (Å²) < 4.78 is 13.0. The lowest BCUT2D eigenvalue weighted by Crippen LogP contribution is -2.33. The maximum absolute atomic E-state index is 12.5. The van der Waals surface area contributed by atoms with Gasteiger partial charge in [-0.2, -0.15) is 0 Å². The molecule has 0 radical (unpaired) electrons. The average Bonchev–Trinajstić information content (AvgIpc) is 3.23. The largest absolute Gasteiger partial charge is 0.454 e. The third-order valence-electron chi connectivity index (χ3n) is 4.15. The molecule has 7 heteroatoms. The Hall–Kier alpha value is -2.80. The van der Waals surface area contributed by atoms with Crippen LogP contribution in [-0.4, -0.2) is 16.7 Å². The van der Waals surface area contributed by atoms with E-state index >= 15 is 0 Å². The summed E-state index contributed by atoms with van der Waals surface area (Å²) in [4.78, 5) is 24.9. The van der Waals surface area contributed by atoms with Crippen LogP contribution in [0.15, 0.2) is 47.3 Å². The standard InChI is InChI=1S/C18H16N2O4S/c1-11(20-18(22)13-4-2-3-5-16(13)25-20)17(21)19-9-12-6-7-14-15(8-12)24-10-23-14/h2-8,11H,9-10H2,1H3,(H,19,21). The number of nitrogens with zero attached hydrogens (tertiary/aromatic N) is 1. The van der Waals surface area contributed by atoms with Gasteiger partial charge in [-0.1, -0.05) is 29.7 Å². The molecule has 0 saturated heterocycles. The molecule has 1 amide bonds. The van der Waals surface area contributed by atoms with E-state index in [-0.39, 0.29) is 18.3 Å². The van der Waals surface area contributed by atoms with Crippen molar-refractivity contribution in [1.29, 1.82) is 0 Å². The molecule has 0 spiro atoms. The summed E-state index contributed by atoms with van der Waals surface area (Å²) in [5.74, 6) is 1.19. The number of hydrogen-bond donors (Lipinski definition) is 1. The third-order valence-corrected chi connectivity index (χ3v) is 5.38. The minimum Gasteiger partial charge on any atom is -0.454 e. The number of hydrogen-bond acceptors (Lipinski definition) is 5. The van der Waals surface area contributed by atoms with Crippen LogP contribution in [0.2, 0.25) is 0 Å². The number of benzene rings is 2. The van der Waals surface area contributed by atoms with Gasteiger partial charge in [-0.15, -0.1) is 0 Å². The number of aromatic nitrogens is 1. The van der Waals surface area contributed by atoms with E-state index in [9.17, 15) is 9.59 Å². The van der Waals surface area contributed by atoms with Gasteiger partial charge in [-0.05, 0) is 36.8 Å². The fourth-order valence-electron chi connectivity index (χ4n) is 2.74. The number of carbonyl (C=O) groups excluding carboxylic acids is 1. The molecule has 1 aromatic heterocycles. The second-order valence-corrected chi connectivity index (χ2v) is 6.82. The predicted molar refractivity (Wildman–Crippen MR) is 95.2 cm³/mol. The molecule has 0 aliphatic carbocycles. The van der Waals surface area contributed by atoms with Gasteiger partial charge in [0.2, 0.25) is 12.7 Å². The highest BCUT2D eigenvalue weighted by molar-refractivity contribution is 7.14. The molecule has 128 valence electrons. The summed E-state index contributed by atoms with van der Waals surface area (Å²) in [5, 5.41) is 3.51. The van der Waals surface area contributed by atoms with Crippen molar-refractivity contribution in [3.63, 3.8) is 0 Å². The van der Waals surface area contributed by atoms with Gasteiger partial charge in [0.15, 0.2) is 11.5 Å². The quantitative estimate of drug-likeness (QED) is 0.780. The summed E-state index contributed by atoms with van der Waals surface area (Å²) in [7, 11) is 0. The number of fused-ring (bicyclic) bond motifs is 2. The molecule has 0 fully saturated rings. The zero-order valence-corrected chi connectivity index (χ0v) is 14.3. The van der Waals surface area contributed by atoms with Gasteiger partial charge in [0.25, 0.3) is 5.56 Å². The normalized spacial score (nSPS) is 13.8. The molecule has 1 aliphatic heterocycles. The number of ether oxygens (including phenoxy) is 2. The molecular weight excluding hydrogens is 340 g/mol. The first-order valence-corrected chi connectivity index (χ1v) is 8.67. The van der Waals surface area contributed by atoms with Crippen molar-refractivity contribution in [2.45, 2.75) is 19.5 Å². The van der Waals surface area contributed by atoms with Crippen LogP contribution in [0.4, 0.5) is 0 Å². The Morgan fingerprint density at radius 3 is 2.88 bits per heavy atom. The topological polar surface area (TPSA) is 69.6 Å². The fraction of sp³-hybridized carbons (Fsp3) is 0.222. The van der Waals surface area contributed by atoms with Gasteiger partial charge >= 0.3 is 0 Å². The van der Waals surface area contributed by atoms with Gasteiger partial charge in [0.1, 0.15) is 6.04 Å². The molecular formula is C18H16N2O4S. The Labute approximate surface area is 147 Å². The van der Waals surface area contributed by atoms with E-state index in [1.807, 2.05) is 36.4 Å². The van der Waals surface area contributed by atoms with Crippen molar-refractivity contribution < 1.29 is 14.3 Å². The summed E-state index contributed by atoms with van der Waals surface area (Å²) >= 11 is 1.31. The minimum absolute atomic E-state index is 0.133. The zero-order valence-electron chi connectivity index (χ0n) is 13.5. The summed E-state index contributed by atoms with van der Waals surface area (Å²) in [6.07, 6.45) is 0. The number of rotatable bonds is 4. The first-order chi connectivity index (χ1) is 12.1. The van der Waals surface area contributed by atoms with Crippen LogP contribution in [0.25, 0.3) is 10.1 Å². The maximum Gasteiger partial charge on any atom is 0.269 e. The van der Waals surface area contributed by atoms with Crippen molar-refractivity contribution >= 4 is 27.5 Å². The molecule has 6 nitrogen and oxygen atoms in total. The Morgan fingerprint density at radius 1 is 1.24 bits per heavy atom. The van der Waals surface area contributed by atoms with E-state index < -0.39 is 6.04 Å². The average molecular weight is 356 g/mol. The van der Waals surface area contributed by atoms with Crippen LogP contribution in [0.1, 0.15) is 18.5 Å². The number of carbonyl (C=O) groups is 1. The van der Waals surface area contributed by atoms with Gasteiger partial charge < -0.3 is 14.8 Å². The van der Waals surface area contributed by atoms with Crippen molar-refractivity contribution in [3.8, 4) is 11.5 Å². The van der Waals surface area contributed by atoms with E-state index in [1.54, 1.807) is 13.0 Å². The molecule has 1 atom stereocenters. The SMILES string of the molecule is CC(C(=O)NCc1ccc2c(c1)OCO2)n1sc2ccccc2c1=O. The Morgan fingerprint density at radius 2 is 2.04 bits per heavy atom. The molecule has 0 bridgehead atoms. The Balaban J connectivity index is 1.48. The smallest absolute Gasteiger partial charge is 0.269 e. The Kier molecular flexibility index (Phi) is 3.93. The van der Waals surface area contributed by atoms with Crippen LogP contribution in [0.3, 0.4) is 0 Å². The van der Waals surface area contributed by atoms with Crippen LogP contribution < -0.4 is 20.3 Å². The summed E-state index contributed by atoms with van der Waals surface area (Å²) in [5.41, 5.74) is 0.778. The highest BCUT2D eigenvalue weighted by atomic mass is 32.1. The van der Waals surface area contributed by atoms with Crippen LogP contribution in [0, 0.1) is 0 Å². The highest BCUT2D eigenvalue weighted by Crippen LogP contribution is 2.32. The minimum atomic E-state index is -0.570. The lowest BCUT2D eigenvalue weighted by atomic mass is 10.2. The second-order valence-electron chi connectivity index (χ2n) is 5.80. The van der Waals surface area contributed by atoms with E-state index in [2.05, 4.69) is 5.32 Å². The van der Waals surface area contributed by atoms with Crippen LogP contribution in [-0.2, 0) is 11.3 Å². The predicted octanol–water partition coefficient (Wildman–Crippen LogP) is 2.67. The maximum atomic E-state index is 12.5. The van der Waals surface area contributed by atoms with Crippen molar-refractivity contribution in [1.82, 2.24) is 9.27 Å². The van der Waals surface area contributed by atoms with Crippen molar-refractivity contribution in [2.24, 2.45) is 0 Å². The van der Waals surface area contributed by atoms with Crippen molar-refractivity contribution in [2.75, 3.05) is 6.79 Å². The van der Waals surface area contributed by atoms with Crippen LogP contribution >= 0.6 is 11.5 Å². The molecule has 1 unspecified atom stereocenters. The van der Waals surface area contributed by atoms with Gasteiger partial charge in [-0.25, -0.2) is 0 Å². The zero-order chi connectivity index (χ0) is 17.4. The molecule has 2 aromatic carbocycles. The molecule has 1 N–H and O–H groups in total. The Bertz CT molecular complexity index is 1010. The monoisotopic (exact) mass is 356 g/mol. The molecule has 3 aromatic rings. The van der Waals surface area contributed by atoms with Gasteiger partial charge in [-0.3, -0.25) is 13.5 Å². The third kappa shape index (κ3) is 2.87.